The van der Waals surface area contributed by atoms with Crippen molar-refractivity contribution >= 4 is 29.2 Å². The second-order valence-corrected chi connectivity index (χ2v) is 6.28. The summed E-state index contributed by atoms with van der Waals surface area (Å²) in [7, 11) is 1.30. The fourth-order valence-electron chi connectivity index (χ4n) is 2.85. The van der Waals surface area contributed by atoms with Crippen LogP contribution in [-0.2, 0) is 16.1 Å². The van der Waals surface area contributed by atoms with Crippen LogP contribution in [0.15, 0.2) is 42.5 Å². The average molecular weight is 376 g/mol. The zero-order valence-electron chi connectivity index (χ0n) is 14.1. The predicted molar refractivity (Wildman–Crippen MR) is 96.5 cm³/mol. The third-order valence-corrected chi connectivity index (χ3v) is 4.34. The lowest BCUT2D eigenvalue weighted by atomic mass is 10.1. The van der Waals surface area contributed by atoms with E-state index >= 15 is 0 Å². The Kier molecular flexibility index (Phi) is 5.44. The van der Waals surface area contributed by atoms with Crippen molar-refractivity contribution in [3.05, 3.63) is 58.6 Å². The number of benzene rings is 2. The number of aliphatic hydroxyl groups excluding tert-OH is 1. The molecule has 1 heterocycles. The number of nitrogens with zero attached hydrogens (tertiary/aromatic N) is 1. The van der Waals surface area contributed by atoms with Gasteiger partial charge in [-0.25, -0.2) is 4.79 Å². The number of halogens is 1. The zero-order chi connectivity index (χ0) is 18.7. The molecule has 1 amide bonds. The summed E-state index contributed by atoms with van der Waals surface area (Å²) in [4.78, 5) is 26.2. The molecule has 0 radical (unpaired) electrons. The molecule has 1 unspecified atom stereocenters. The van der Waals surface area contributed by atoms with Gasteiger partial charge in [0.05, 0.1) is 24.9 Å². The summed E-state index contributed by atoms with van der Waals surface area (Å²) in [5.74, 6) is -0.313. The molecule has 0 spiro atoms. The van der Waals surface area contributed by atoms with E-state index in [1.807, 2.05) is 6.07 Å². The van der Waals surface area contributed by atoms with Gasteiger partial charge in [0.2, 0.25) is 0 Å². The normalized spacial score (nSPS) is 16.0. The van der Waals surface area contributed by atoms with E-state index in [2.05, 4.69) is 0 Å². The van der Waals surface area contributed by atoms with Crippen LogP contribution in [0.2, 0.25) is 5.02 Å². The number of anilines is 1. The lowest BCUT2D eigenvalue weighted by molar-refractivity contribution is -0.127. The number of carbonyl (C=O) groups is 2. The minimum Gasteiger partial charge on any atom is -0.478 e. The van der Waals surface area contributed by atoms with Gasteiger partial charge in [-0.15, -0.1) is 0 Å². The third kappa shape index (κ3) is 3.66. The van der Waals surface area contributed by atoms with Crippen molar-refractivity contribution < 1.29 is 24.2 Å². The van der Waals surface area contributed by atoms with Crippen molar-refractivity contribution in [1.29, 1.82) is 0 Å². The predicted octanol–water partition coefficient (Wildman–Crippen LogP) is 2.80. The summed E-state index contributed by atoms with van der Waals surface area (Å²) >= 11 is 6.04. The van der Waals surface area contributed by atoms with Gasteiger partial charge in [-0.05, 0) is 35.9 Å². The molecule has 136 valence electrons. The van der Waals surface area contributed by atoms with Crippen LogP contribution in [0.5, 0.6) is 5.75 Å². The number of ether oxygens (including phenoxy) is 2. The molecule has 2 aromatic carbocycles. The highest BCUT2D eigenvalue weighted by Crippen LogP contribution is 2.37. The SMILES string of the molecule is COC(=O)c1ccc2c(c1)N(Cc1cccc(Cl)c1)C(=O)C(CCO)O2. The van der Waals surface area contributed by atoms with Crippen LogP contribution < -0.4 is 9.64 Å². The van der Waals surface area contributed by atoms with E-state index in [1.54, 1.807) is 36.4 Å². The monoisotopic (exact) mass is 375 g/mol. The first kappa shape index (κ1) is 18.2. The summed E-state index contributed by atoms with van der Waals surface area (Å²) in [5, 5.41) is 9.78. The quantitative estimate of drug-likeness (QED) is 0.813. The first-order valence-corrected chi connectivity index (χ1v) is 8.47. The fraction of sp³-hybridized carbons (Fsp3) is 0.263. The maximum absolute atomic E-state index is 12.9. The Morgan fingerprint density at radius 2 is 2.12 bits per heavy atom. The fourth-order valence-corrected chi connectivity index (χ4v) is 3.06. The van der Waals surface area contributed by atoms with Crippen LogP contribution in [0, 0.1) is 0 Å². The number of hydrogen-bond acceptors (Lipinski definition) is 5. The van der Waals surface area contributed by atoms with Gasteiger partial charge < -0.3 is 19.5 Å². The molecule has 6 nitrogen and oxygen atoms in total. The molecule has 3 rings (SSSR count). The number of fused-ring (bicyclic) bond motifs is 1. The van der Waals surface area contributed by atoms with E-state index in [-0.39, 0.29) is 25.5 Å². The molecule has 7 heteroatoms. The van der Waals surface area contributed by atoms with Gasteiger partial charge in [-0.3, -0.25) is 4.79 Å². The van der Waals surface area contributed by atoms with Crippen molar-refractivity contribution in [2.24, 2.45) is 0 Å². The molecule has 1 N–H and O–H groups in total. The van der Waals surface area contributed by atoms with E-state index in [0.717, 1.165) is 5.56 Å². The molecule has 0 saturated heterocycles. The summed E-state index contributed by atoms with van der Waals surface area (Å²) in [6.07, 6.45) is -0.598. The van der Waals surface area contributed by atoms with Gasteiger partial charge in [0.25, 0.3) is 5.91 Å². The van der Waals surface area contributed by atoms with E-state index in [9.17, 15) is 14.7 Å². The van der Waals surface area contributed by atoms with Crippen molar-refractivity contribution in [3.63, 3.8) is 0 Å². The number of hydrogen-bond donors (Lipinski definition) is 1. The van der Waals surface area contributed by atoms with E-state index in [4.69, 9.17) is 21.1 Å². The van der Waals surface area contributed by atoms with E-state index < -0.39 is 12.1 Å². The highest BCUT2D eigenvalue weighted by atomic mass is 35.5. The molecule has 0 fully saturated rings. The average Bonchev–Trinajstić information content (AvgIpc) is 2.64. The Balaban J connectivity index is 2.02. The molecule has 26 heavy (non-hydrogen) atoms. The molecule has 1 aliphatic heterocycles. The van der Waals surface area contributed by atoms with Crippen LogP contribution >= 0.6 is 11.6 Å². The molecule has 0 bridgehead atoms. The van der Waals surface area contributed by atoms with Crippen LogP contribution in [0.1, 0.15) is 22.3 Å². The minimum absolute atomic E-state index is 0.170. The Hall–Kier alpha value is -2.57. The van der Waals surface area contributed by atoms with Gasteiger partial charge in [0, 0.05) is 18.1 Å². The van der Waals surface area contributed by atoms with Crippen LogP contribution in [0.4, 0.5) is 5.69 Å². The number of rotatable bonds is 5. The van der Waals surface area contributed by atoms with Gasteiger partial charge in [-0.2, -0.15) is 0 Å². The highest BCUT2D eigenvalue weighted by Gasteiger charge is 2.34. The number of aliphatic hydroxyl groups is 1. The lowest BCUT2D eigenvalue weighted by Crippen LogP contribution is -2.46. The molecule has 1 atom stereocenters. The largest absolute Gasteiger partial charge is 0.478 e. The minimum atomic E-state index is -0.782. The second kappa shape index (κ2) is 7.76. The zero-order valence-corrected chi connectivity index (χ0v) is 14.9. The van der Waals surface area contributed by atoms with Gasteiger partial charge in [0.15, 0.2) is 6.10 Å². The number of esters is 1. The Morgan fingerprint density at radius 3 is 2.81 bits per heavy atom. The molecule has 0 aromatic heterocycles. The van der Waals surface area contributed by atoms with Crippen molar-refractivity contribution in [2.45, 2.75) is 19.1 Å². The third-order valence-electron chi connectivity index (χ3n) is 4.10. The van der Waals surface area contributed by atoms with E-state index in [1.165, 1.54) is 12.0 Å². The topological polar surface area (TPSA) is 76.1 Å². The summed E-state index contributed by atoms with van der Waals surface area (Å²) in [6, 6.07) is 12.0. The van der Waals surface area contributed by atoms with Gasteiger partial charge >= 0.3 is 5.97 Å². The van der Waals surface area contributed by atoms with Crippen molar-refractivity contribution in [3.8, 4) is 5.75 Å². The van der Waals surface area contributed by atoms with Crippen LogP contribution in [0.25, 0.3) is 0 Å². The summed E-state index contributed by atoms with van der Waals surface area (Å²) < 4.78 is 10.5. The highest BCUT2D eigenvalue weighted by molar-refractivity contribution is 6.30. The second-order valence-electron chi connectivity index (χ2n) is 5.85. The Labute approximate surface area is 155 Å². The first-order valence-electron chi connectivity index (χ1n) is 8.09. The van der Waals surface area contributed by atoms with Gasteiger partial charge in [-0.1, -0.05) is 23.7 Å². The van der Waals surface area contributed by atoms with Crippen molar-refractivity contribution in [1.82, 2.24) is 0 Å². The molecule has 0 aliphatic carbocycles. The Morgan fingerprint density at radius 1 is 1.31 bits per heavy atom. The number of methoxy groups -OCH3 is 1. The maximum atomic E-state index is 12.9. The van der Waals surface area contributed by atoms with Crippen LogP contribution in [0.3, 0.4) is 0 Å². The first-order chi connectivity index (χ1) is 12.5. The smallest absolute Gasteiger partial charge is 0.337 e. The maximum Gasteiger partial charge on any atom is 0.337 e. The standard InChI is InChI=1S/C19H18ClNO5/c1-25-19(24)13-5-6-16-15(10-13)21(18(23)17(26-16)7-8-22)11-12-3-2-4-14(20)9-12/h2-6,9-10,17,22H,7-8,11H2,1H3. The summed E-state index contributed by atoms with van der Waals surface area (Å²) in [5.41, 5.74) is 1.64. The lowest BCUT2D eigenvalue weighted by Gasteiger charge is -2.34. The summed E-state index contributed by atoms with van der Waals surface area (Å²) in [6.45, 7) is 0.0965. The van der Waals surface area contributed by atoms with E-state index in [0.29, 0.717) is 22.0 Å². The number of carbonyl (C=O) groups excluding carboxylic acids is 2. The molecular formula is C19H18ClNO5. The number of amides is 1. The van der Waals surface area contributed by atoms with Crippen molar-refractivity contribution in [2.75, 3.05) is 18.6 Å². The Bertz CT molecular complexity index is 838. The molecule has 1 aliphatic rings. The molecule has 2 aromatic rings. The van der Waals surface area contributed by atoms with Gasteiger partial charge in [0.1, 0.15) is 5.75 Å². The van der Waals surface area contributed by atoms with Crippen LogP contribution in [-0.4, -0.2) is 36.8 Å². The molecule has 0 saturated carbocycles. The molecular weight excluding hydrogens is 358 g/mol.